The number of likely N-dealkylation sites (N-methyl/N-ethyl adjacent to an activating group) is 1. The average Bonchev–Trinajstić information content (AvgIpc) is 2.62. The van der Waals surface area contributed by atoms with Crippen molar-refractivity contribution in [3.05, 3.63) is 29.8 Å². The fourth-order valence-electron chi connectivity index (χ4n) is 3.55. The molecule has 3 atom stereocenters. The first kappa shape index (κ1) is 19.7. The molecular formula is C20H33N3O2. The van der Waals surface area contributed by atoms with Crippen molar-refractivity contribution < 1.29 is 9.53 Å². The lowest BCUT2D eigenvalue weighted by Crippen LogP contribution is -2.38. The number of hydrogen-bond acceptors (Lipinski definition) is 4. The predicted octanol–water partition coefficient (Wildman–Crippen LogP) is 2.44. The SMILES string of the molecule is COc1cccc(C(CNC(=O)CC(C)C2CCCNC2)N(C)C)c1. The normalized spacial score (nSPS) is 20.1. The molecule has 1 aromatic carbocycles. The van der Waals surface area contributed by atoms with Gasteiger partial charge in [-0.05, 0) is 69.6 Å². The third-order valence-electron chi connectivity index (χ3n) is 5.24. The molecule has 0 bridgehead atoms. The lowest BCUT2D eigenvalue weighted by atomic mass is 9.85. The molecular weight excluding hydrogens is 314 g/mol. The highest BCUT2D eigenvalue weighted by Crippen LogP contribution is 2.24. The van der Waals surface area contributed by atoms with E-state index in [2.05, 4.69) is 28.5 Å². The molecule has 1 heterocycles. The van der Waals surface area contributed by atoms with Crippen molar-refractivity contribution in [3.8, 4) is 5.75 Å². The van der Waals surface area contributed by atoms with E-state index in [1.165, 1.54) is 12.8 Å². The number of amides is 1. The van der Waals surface area contributed by atoms with Gasteiger partial charge in [-0.15, -0.1) is 0 Å². The van der Waals surface area contributed by atoms with E-state index in [1.54, 1.807) is 7.11 Å². The minimum atomic E-state index is 0.130. The highest BCUT2D eigenvalue weighted by atomic mass is 16.5. The number of hydrogen-bond donors (Lipinski definition) is 2. The highest BCUT2D eigenvalue weighted by Gasteiger charge is 2.23. The first-order valence-electron chi connectivity index (χ1n) is 9.29. The zero-order valence-corrected chi connectivity index (χ0v) is 16.0. The Morgan fingerprint density at radius 1 is 1.44 bits per heavy atom. The fraction of sp³-hybridized carbons (Fsp3) is 0.650. The molecule has 2 rings (SSSR count). The predicted molar refractivity (Wildman–Crippen MR) is 102 cm³/mol. The maximum Gasteiger partial charge on any atom is 0.220 e. The maximum atomic E-state index is 12.4. The van der Waals surface area contributed by atoms with Gasteiger partial charge in [0.25, 0.3) is 0 Å². The molecule has 1 aromatic rings. The monoisotopic (exact) mass is 347 g/mol. The summed E-state index contributed by atoms with van der Waals surface area (Å²) in [7, 11) is 5.74. The summed E-state index contributed by atoms with van der Waals surface area (Å²) in [5.41, 5.74) is 1.15. The summed E-state index contributed by atoms with van der Waals surface area (Å²) >= 11 is 0. The second-order valence-corrected chi connectivity index (χ2v) is 7.35. The Labute approximate surface area is 152 Å². The Morgan fingerprint density at radius 3 is 2.88 bits per heavy atom. The Balaban J connectivity index is 1.88. The van der Waals surface area contributed by atoms with E-state index in [0.717, 1.165) is 24.4 Å². The largest absolute Gasteiger partial charge is 0.497 e. The first-order valence-corrected chi connectivity index (χ1v) is 9.29. The third-order valence-corrected chi connectivity index (χ3v) is 5.24. The topological polar surface area (TPSA) is 53.6 Å². The number of benzene rings is 1. The molecule has 140 valence electrons. The second kappa shape index (κ2) is 9.78. The van der Waals surface area contributed by atoms with Crippen LogP contribution in [0.15, 0.2) is 24.3 Å². The molecule has 0 radical (unpaired) electrons. The molecule has 25 heavy (non-hydrogen) atoms. The number of carbonyl (C=O) groups excluding carboxylic acids is 1. The van der Waals surface area contributed by atoms with Gasteiger partial charge in [0.2, 0.25) is 5.91 Å². The summed E-state index contributed by atoms with van der Waals surface area (Å²) in [6, 6.07) is 8.17. The van der Waals surface area contributed by atoms with Crippen LogP contribution in [0.1, 0.15) is 37.8 Å². The van der Waals surface area contributed by atoms with E-state index < -0.39 is 0 Å². The smallest absolute Gasteiger partial charge is 0.220 e. The van der Waals surface area contributed by atoms with Crippen LogP contribution in [0.4, 0.5) is 0 Å². The average molecular weight is 348 g/mol. The Morgan fingerprint density at radius 2 is 2.24 bits per heavy atom. The molecule has 1 amide bonds. The molecule has 1 aliphatic rings. The summed E-state index contributed by atoms with van der Waals surface area (Å²) < 4.78 is 5.32. The zero-order valence-electron chi connectivity index (χ0n) is 16.0. The summed E-state index contributed by atoms with van der Waals surface area (Å²) in [5, 5.41) is 6.56. The fourth-order valence-corrected chi connectivity index (χ4v) is 3.55. The van der Waals surface area contributed by atoms with E-state index in [1.807, 2.05) is 32.3 Å². The third kappa shape index (κ3) is 6.01. The van der Waals surface area contributed by atoms with Crippen molar-refractivity contribution in [2.24, 2.45) is 11.8 Å². The van der Waals surface area contributed by atoms with Gasteiger partial charge in [-0.3, -0.25) is 4.79 Å². The van der Waals surface area contributed by atoms with Crippen LogP contribution in [0, 0.1) is 11.8 Å². The van der Waals surface area contributed by atoms with Crippen LogP contribution in [-0.4, -0.2) is 51.6 Å². The first-order chi connectivity index (χ1) is 12.0. The van der Waals surface area contributed by atoms with E-state index in [4.69, 9.17) is 4.74 Å². The van der Waals surface area contributed by atoms with Crippen molar-refractivity contribution in [3.63, 3.8) is 0 Å². The number of piperidine rings is 1. The summed E-state index contributed by atoms with van der Waals surface area (Å²) in [6.07, 6.45) is 3.05. The number of ether oxygens (including phenoxy) is 1. The van der Waals surface area contributed by atoms with E-state index >= 15 is 0 Å². The van der Waals surface area contributed by atoms with Crippen molar-refractivity contribution in [2.45, 2.75) is 32.2 Å². The molecule has 0 aliphatic carbocycles. The molecule has 1 saturated heterocycles. The molecule has 0 aromatic heterocycles. The standard InChI is InChI=1S/C20H33N3O2/c1-15(17-8-6-10-21-13-17)11-20(24)22-14-19(23(2)3)16-7-5-9-18(12-16)25-4/h5,7,9,12,15,17,19,21H,6,8,10-11,13-14H2,1-4H3,(H,22,24). The Bertz CT molecular complexity index is 541. The molecule has 5 nitrogen and oxygen atoms in total. The van der Waals surface area contributed by atoms with Crippen LogP contribution in [0.5, 0.6) is 5.75 Å². The van der Waals surface area contributed by atoms with Gasteiger partial charge < -0.3 is 20.3 Å². The van der Waals surface area contributed by atoms with Crippen molar-refractivity contribution >= 4 is 5.91 Å². The lowest BCUT2D eigenvalue weighted by molar-refractivity contribution is -0.122. The van der Waals surface area contributed by atoms with Gasteiger partial charge in [0, 0.05) is 13.0 Å². The second-order valence-electron chi connectivity index (χ2n) is 7.35. The minimum Gasteiger partial charge on any atom is -0.497 e. The lowest BCUT2D eigenvalue weighted by Gasteiger charge is -2.29. The van der Waals surface area contributed by atoms with Gasteiger partial charge >= 0.3 is 0 Å². The quantitative estimate of drug-likeness (QED) is 0.758. The van der Waals surface area contributed by atoms with Crippen LogP contribution >= 0.6 is 0 Å². The maximum absolute atomic E-state index is 12.4. The molecule has 0 saturated carbocycles. The van der Waals surface area contributed by atoms with Crippen LogP contribution < -0.4 is 15.4 Å². The molecule has 1 aliphatic heterocycles. The van der Waals surface area contributed by atoms with Gasteiger partial charge in [0.1, 0.15) is 5.75 Å². The molecule has 5 heteroatoms. The number of methoxy groups -OCH3 is 1. The van der Waals surface area contributed by atoms with Gasteiger partial charge in [-0.1, -0.05) is 19.1 Å². The van der Waals surface area contributed by atoms with Crippen LogP contribution in [0.2, 0.25) is 0 Å². The Hall–Kier alpha value is -1.59. The van der Waals surface area contributed by atoms with Gasteiger partial charge in [0.15, 0.2) is 0 Å². The molecule has 1 fully saturated rings. The summed E-state index contributed by atoms with van der Waals surface area (Å²) in [5.74, 6) is 2.02. The van der Waals surface area contributed by atoms with E-state index in [9.17, 15) is 4.79 Å². The van der Waals surface area contributed by atoms with Crippen molar-refractivity contribution in [1.29, 1.82) is 0 Å². The molecule has 0 spiro atoms. The van der Waals surface area contributed by atoms with Crippen molar-refractivity contribution in [2.75, 3.05) is 40.8 Å². The zero-order chi connectivity index (χ0) is 18.2. The number of rotatable bonds is 8. The number of carbonyl (C=O) groups is 1. The van der Waals surface area contributed by atoms with Gasteiger partial charge in [0.05, 0.1) is 13.2 Å². The Kier molecular flexibility index (Phi) is 7.72. The van der Waals surface area contributed by atoms with Crippen LogP contribution in [-0.2, 0) is 4.79 Å². The summed E-state index contributed by atoms with van der Waals surface area (Å²) in [6.45, 7) is 4.95. The highest BCUT2D eigenvalue weighted by molar-refractivity contribution is 5.76. The van der Waals surface area contributed by atoms with Crippen LogP contribution in [0.25, 0.3) is 0 Å². The van der Waals surface area contributed by atoms with Gasteiger partial charge in [-0.25, -0.2) is 0 Å². The van der Waals surface area contributed by atoms with Crippen molar-refractivity contribution in [1.82, 2.24) is 15.5 Å². The van der Waals surface area contributed by atoms with E-state index in [-0.39, 0.29) is 11.9 Å². The number of nitrogens with one attached hydrogen (secondary N) is 2. The van der Waals surface area contributed by atoms with E-state index in [0.29, 0.717) is 24.8 Å². The molecule has 2 N–H and O–H groups in total. The minimum absolute atomic E-state index is 0.130. The van der Waals surface area contributed by atoms with Crippen LogP contribution in [0.3, 0.4) is 0 Å². The summed E-state index contributed by atoms with van der Waals surface area (Å²) in [4.78, 5) is 14.5. The number of nitrogens with zero attached hydrogens (tertiary/aromatic N) is 1. The van der Waals surface area contributed by atoms with Gasteiger partial charge in [-0.2, -0.15) is 0 Å². The molecule has 3 unspecified atom stereocenters.